The van der Waals surface area contributed by atoms with E-state index in [9.17, 15) is 9.59 Å². The highest BCUT2D eigenvalue weighted by Crippen LogP contribution is 2.26. The Morgan fingerprint density at radius 2 is 1.49 bits per heavy atom. The maximum absolute atomic E-state index is 12.3. The molecule has 0 atom stereocenters. The number of aromatic nitrogens is 3. The van der Waals surface area contributed by atoms with Crippen molar-refractivity contribution in [3.05, 3.63) is 112 Å². The summed E-state index contributed by atoms with van der Waals surface area (Å²) < 4.78 is 10.1. The highest BCUT2D eigenvalue weighted by atomic mass is 16.5. The van der Waals surface area contributed by atoms with Crippen LogP contribution in [0.3, 0.4) is 0 Å². The van der Waals surface area contributed by atoms with Crippen LogP contribution in [0.4, 0.5) is 0 Å². The number of rotatable bonds is 7. The van der Waals surface area contributed by atoms with Gasteiger partial charge in [-0.2, -0.15) is 0 Å². The van der Waals surface area contributed by atoms with E-state index >= 15 is 0 Å². The molecule has 4 aromatic rings. The molecule has 0 unspecified atom stereocenters. The predicted molar refractivity (Wildman–Crippen MR) is 154 cm³/mol. The molecule has 0 aliphatic rings. The molecule has 2 aromatic carbocycles. The summed E-state index contributed by atoms with van der Waals surface area (Å²) in [6.07, 6.45) is 3.77. The molecule has 0 saturated heterocycles. The van der Waals surface area contributed by atoms with E-state index < -0.39 is 0 Å². The van der Waals surface area contributed by atoms with Crippen molar-refractivity contribution in [1.29, 1.82) is 0 Å². The molecule has 0 bridgehead atoms. The third-order valence-corrected chi connectivity index (χ3v) is 5.72. The molecule has 7 heteroatoms. The first-order valence-electron chi connectivity index (χ1n) is 12.9. The van der Waals surface area contributed by atoms with Gasteiger partial charge in [-0.3, -0.25) is 14.6 Å². The quantitative estimate of drug-likeness (QED) is 0.285. The van der Waals surface area contributed by atoms with Crippen LogP contribution in [0.2, 0.25) is 0 Å². The number of benzene rings is 2. The Hall–Kier alpha value is -4.26. The maximum atomic E-state index is 12.3. The van der Waals surface area contributed by atoms with Gasteiger partial charge in [0.2, 0.25) is 5.75 Å². The maximum Gasteiger partial charge on any atom is 0.293 e. The highest BCUT2D eigenvalue weighted by molar-refractivity contribution is 5.63. The number of nitrogens with one attached hydrogen (secondary N) is 1. The van der Waals surface area contributed by atoms with Crippen molar-refractivity contribution < 1.29 is 14.3 Å². The van der Waals surface area contributed by atoms with Crippen molar-refractivity contribution in [3.8, 4) is 16.9 Å². The summed E-state index contributed by atoms with van der Waals surface area (Å²) in [5.74, 6) is 0.761. The monoisotopic (exact) mass is 527 g/mol. The first kappa shape index (κ1) is 29.3. The van der Waals surface area contributed by atoms with Crippen molar-refractivity contribution in [2.24, 2.45) is 0 Å². The lowest BCUT2D eigenvalue weighted by Gasteiger charge is -2.19. The standard InChI is InChI=1S/C27H27N3O2.C5H10O2/c1-27(2,3)22-12-9-20(10-13-22)21-11-14-23(28-16-21)15-25-29-17-24(26(31)30-25)32-18-19-7-5-4-6-8-19;1-5(2,3)7-4-6/h4-14,16-17H,15,18H2,1-3H3,(H,29,30,31);4H,1-3H3. The zero-order chi connectivity index (χ0) is 28.5. The zero-order valence-electron chi connectivity index (χ0n) is 23.5. The van der Waals surface area contributed by atoms with Crippen LogP contribution >= 0.6 is 0 Å². The number of H-pyrrole nitrogens is 1. The number of aromatic amines is 1. The van der Waals surface area contributed by atoms with Gasteiger partial charge in [-0.15, -0.1) is 0 Å². The lowest BCUT2D eigenvalue weighted by atomic mass is 9.86. The number of carbonyl (C=O) groups is 1. The van der Waals surface area contributed by atoms with Crippen molar-refractivity contribution in [2.75, 3.05) is 0 Å². The fourth-order valence-corrected chi connectivity index (χ4v) is 3.53. The smallest absolute Gasteiger partial charge is 0.293 e. The van der Waals surface area contributed by atoms with Gasteiger partial charge in [-0.05, 0) is 48.9 Å². The molecule has 204 valence electrons. The third kappa shape index (κ3) is 9.52. The fourth-order valence-electron chi connectivity index (χ4n) is 3.53. The van der Waals surface area contributed by atoms with Crippen LogP contribution < -0.4 is 10.3 Å². The van der Waals surface area contributed by atoms with Gasteiger partial charge in [-0.1, -0.05) is 81.4 Å². The summed E-state index contributed by atoms with van der Waals surface area (Å²) in [6.45, 7) is 12.9. The Bertz CT molecular complexity index is 1380. The molecule has 2 aromatic heterocycles. The van der Waals surface area contributed by atoms with Crippen LogP contribution in [0.5, 0.6) is 5.75 Å². The zero-order valence-corrected chi connectivity index (χ0v) is 23.5. The topological polar surface area (TPSA) is 94.2 Å². The van der Waals surface area contributed by atoms with Crippen LogP contribution in [0.15, 0.2) is 83.9 Å². The minimum atomic E-state index is -0.318. The molecule has 2 heterocycles. The van der Waals surface area contributed by atoms with Crippen LogP contribution in [0.1, 0.15) is 64.2 Å². The van der Waals surface area contributed by atoms with Gasteiger partial charge >= 0.3 is 0 Å². The molecule has 0 aliphatic carbocycles. The fraction of sp³-hybridized carbons (Fsp3) is 0.312. The van der Waals surface area contributed by atoms with Gasteiger partial charge < -0.3 is 14.5 Å². The van der Waals surface area contributed by atoms with Gasteiger partial charge in [-0.25, -0.2) is 4.98 Å². The van der Waals surface area contributed by atoms with E-state index in [-0.39, 0.29) is 22.3 Å². The number of ether oxygens (including phenoxy) is 2. The lowest BCUT2D eigenvalue weighted by Crippen LogP contribution is -2.17. The molecule has 0 saturated carbocycles. The van der Waals surface area contributed by atoms with Crippen molar-refractivity contribution in [3.63, 3.8) is 0 Å². The molecular weight excluding hydrogens is 490 g/mol. The Labute approximate surface area is 230 Å². The summed E-state index contributed by atoms with van der Waals surface area (Å²) >= 11 is 0. The molecule has 0 spiro atoms. The Morgan fingerprint density at radius 3 is 2.00 bits per heavy atom. The van der Waals surface area contributed by atoms with Gasteiger partial charge in [0.1, 0.15) is 18.0 Å². The average molecular weight is 528 g/mol. The molecule has 1 N–H and O–H groups in total. The minimum absolute atomic E-state index is 0.132. The predicted octanol–water partition coefficient (Wildman–Crippen LogP) is 6.26. The average Bonchev–Trinajstić information content (AvgIpc) is 2.89. The second-order valence-electron chi connectivity index (χ2n) is 11.2. The Kier molecular flexibility index (Phi) is 9.77. The number of pyridine rings is 1. The second kappa shape index (κ2) is 13.0. The minimum Gasteiger partial charge on any atom is -0.482 e. The SMILES string of the molecule is CC(C)(C)OC=O.CC(C)(C)c1ccc(-c2ccc(Cc3ncc(OCc4ccccc4)c(=O)[nH]3)nc2)cc1. The second-order valence-corrected chi connectivity index (χ2v) is 11.2. The number of hydrogen-bond acceptors (Lipinski definition) is 6. The van der Waals surface area contributed by atoms with E-state index in [1.54, 1.807) is 0 Å². The Morgan fingerprint density at radius 1 is 0.821 bits per heavy atom. The molecule has 0 fully saturated rings. The van der Waals surface area contributed by atoms with E-state index in [4.69, 9.17) is 4.74 Å². The summed E-state index contributed by atoms with van der Waals surface area (Å²) in [6, 6.07) is 22.3. The van der Waals surface area contributed by atoms with E-state index in [1.807, 2.05) is 69.4 Å². The summed E-state index contributed by atoms with van der Waals surface area (Å²) in [5.41, 5.74) is 4.84. The summed E-state index contributed by atoms with van der Waals surface area (Å²) in [4.78, 5) is 33.6. The van der Waals surface area contributed by atoms with Crippen molar-refractivity contribution in [2.45, 2.75) is 65.6 Å². The van der Waals surface area contributed by atoms with Crippen LogP contribution in [0, 0.1) is 0 Å². The highest BCUT2D eigenvalue weighted by Gasteiger charge is 2.13. The van der Waals surface area contributed by atoms with E-state index in [2.05, 4.69) is 64.7 Å². The van der Waals surface area contributed by atoms with Crippen LogP contribution in [-0.2, 0) is 28.0 Å². The number of nitrogens with zero attached hydrogens (tertiary/aromatic N) is 2. The number of carbonyl (C=O) groups excluding carboxylic acids is 1. The largest absolute Gasteiger partial charge is 0.482 e. The third-order valence-electron chi connectivity index (χ3n) is 5.72. The first-order valence-corrected chi connectivity index (χ1v) is 12.9. The lowest BCUT2D eigenvalue weighted by molar-refractivity contribution is -0.138. The van der Waals surface area contributed by atoms with E-state index in [1.165, 1.54) is 11.8 Å². The molecule has 4 rings (SSSR count). The summed E-state index contributed by atoms with van der Waals surface area (Å²) in [5, 5.41) is 0. The molecule has 0 radical (unpaired) electrons. The summed E-state index contributed by atoms with van der Waals surface area (Å²) in [7, 11) is 0. The number of hydrogen-bond donors (Lipinski definition) is 1. The normalized spacial score (nSPS) is 11.2. The van der Waals surface area contributed by atoms with Gasteiger partial charge in [0.05, 0.1) is 6.20 Å². The molecular formula is C32H37N3O4. The molecule has 39 heavy (non-hydrogen) atoms. The Balaban J connectivity index is 0.000000532. The van der Waals surface area contributed by atoms with Gasteiger partial charge in [0.25, 0.3) is 12.0 Å². The van der Waals surface area contributed by atoms with Crippen LogP contribution in [0.25, 0.3) is 11.1 Å². The van der Waals surface area contributed by atoms with E-state index in [0.717, 1.165) is 22.4 Å². The molecule has 7 nitrogen and oxygen atoms in total. The molecule has 0 amide bonds. The van der Waals surface area contributed by atoms with Crippen LogP contribution in [-0.4, -0.2) is 27.0 Å². The van der Waals surface area contributed by atoms with E-state index in [0.29, 0.717) is 25.3 Å². The van der Waals surface area contributed by atoms with Gasteiger partial charge in [0.15, 0.2) is 0 Å². The van der Waals surface area contributed by atoms with Gasteiger partial charge in [0, 0.05) is 23.9 Å². The first-order chi connectivity index (χ1) is 18.4. The van der Waals surface area contributed by atoms with Crippen molar-refractivity contribution in [1.82, 2.24) is 15.0 Å². The van der Waals surface area contributed by atoms with Crippen molar-refractivity contribution >= 4 is 6.47 Å². The molecule has 0 aliphatic heterocycles.